The van der Waals surface area contributed by atoms with Crippen LogP contribution in [0.15, 0.2) is 0 Å². The Balaban J connectivity index is 2.30. The maximum atomic E-state index is 9.15. The minimum absolute atomic E-state index is 0.0120. The molecule has 2 rings (SSSR count). The van der Waals surface area contributed by atoms with Crippen molar-refractivity contribution in [1.82, 2.24) is 14.8 Å². The van der Waals surface area contributed by atoms with Gasteiger partial charge in [-0.1, -0.05) is 13.3 Å². The molecule has 1 fully saturated rings. The van der Waals surface area contributed by atoms with E-state index in [0.29, 0.717) is 17.7 Å². The van der Waals surface area contributed by atoms with Crippen molar-refractivity contribution in [2.24, 2.45) is 5.92 Å². The van der Waals surface area contributed by atoms with Gasteiger partial charge in [0.05, 0.1) is 0 Å². The van der Waals surface area contributed by atoms with Gasteiger partial charge in [-0.2, -0.15) is 0 Å². The fraction of sp³-hybridized carbons (Fsp3) is 0.818. The van der Waals surface area contributed by atoms with Crippen molar-refractivity contribution in [2.45, 2.75) is 52.2 Å². The molecule has 0 aliphatic heterocycles. The molecule has 2 atom stereocenters. The molecule has 2 unspecified atom stereocenters. The lowest BCUT2D eigenvalue weighted by Gasteiger charge is -2.15. The molecule has 4 heteroatoms. The Hall–Kier alpha value is -0.900. The van der Waals surface area contributed by atoms with Gasteiger partial charge < -0.3 is 9.67 Å². The van der Waals surface area contributed by atoms with Crippen molar-refractivity contribution in [2.75, 3.05) is 0 Å². The van der Waals surface area contributed by atoms with Crippen LogP contribution in [0.25, 0.3) is 0 Å². The van der Waals surface area contributed by atoms with Crippen LogP contribution in [-0.4, -0.2) is 19.9 Å². The predicted octanol–water partition coefficient (Wildman–Crippen LogP) is 1.69. The Morgan fingerprint density at radius 1 is 1.40 bits per heavy atom. The summed E-state index contributed by atoms with van der Waals surface area (Å²) >= 11 is 0. The molecular formula is C11H19N3O. The standard InChI is InChI=1S/C11H19N3O/c1-3-14-10(7-15)12-13-11(14)9-6-4-5-8(9)2/h8-9,15H,3-7H2,1-2H3. The van der Waals surface area contributed by atoms with Gasteiger partial charge in [-0.25, -0.2) is 0 Å². The number of rotatable bonds is 3. The van der Waals surface area contributed by atoms with Crippen LogP contribution >= 0.6 is 0 Å². The van der Waals surface area contributed by atoms with Gasteiger partial charge in [0.1, 0.15) is 12.4 Å². The molecule has 0 aromatic carbocycles. The molecule has 0 radical (unpaired) electrons. The van der Waals surface area contributed by atoms with Crippen LogP contribution < -0.4 is 0 Å². The van der Waals surface area contributed by atoms with E-state index in [4.69, 9.17) is 5.11 Å². The third kappa shape index (κ3) is 1.78. The maximum absolute atomic E-state index is 9.15. The summed E-state index contributed by atoms with van der Waals surface area (Å²) in [6.07, 6.45) is 3.79. The fourth-order valence-electron chi connectivity index (χ4n) is 2.61. The third-order valence-corrected chi connectivity index (χ3v) is 3.51. The predicted molar refractivity (Wildman–Crippen MR) is 57.4 cm³/mol. The first-order valence-corrected chi connectivity index (χ1v) is 5.80. The Morgan fingerprint density at radius 2 is 2.20 bits per heavy atom. The second kappa shape index (κ2) is 4.31. The van der Waals surface area contributed by atoms with Crippen LogP contribution in [0.2, 0.25) is 0 Å². The molecule has 0 amide bonds. The number of aliphatic hydroxyl groups is 1. The van der Waals surface area contributed by atoms with Crippen molar-refractivity contribution in [3.63, 3.8) is 0 Å². The quantitative estimate of drug-likeness (QED) is 0.824. The van der Waals surface area contributed by atoms with Crippen LogP contribution in [0.4, 0.5) is 0 Å². The lowest BCUT2D eigenvalue weighted by atomic mass is 9.97. The zero-order chi connectivity index (χ0) is 10.8. The SMILES string of the molecule is CCn1c(CO)nnc1C1CCCC1C. The zero-order valence-electron chi connectivity index (χ0n) is 9.48. The Kier molecular flexibility index (Phi) is 3.05. The van der Waals surface area contributed by atoms with Gasteiger partial charge >= 0.3 is 0 Å². The molecule has 4 nitrogen and oxygen atoms in total. The minimum atomic E-state index is -0.0120. The van der Waals surface area contributed by atoms with Gasteiger partial charge in [0.25, 0.3) is 0 Å². The summed E-state index contributed by atoms with van der Waals surface area (Å²) in [5.74, 6) is 3.02. The van der Waals surface area contributed by atoms with E-state index in [1.807, 2.05) is 0 Å². The highest BCUT2D eigenvalue weighted by atomic mass is 16.3. The first kappa shape index (κ1) is 10.6. The Labute approximate surface area is 90.3 Å². The van der Waals surface area contributed by atoms with Crippen LogP contribution in [0, 0.1) is 5.92 Å². The topological polar surface area (TPSA) is 50.9 Å². The van der Waals surface area contributed by atoms with E-state index < -0.39 is 0 Å². The van der Waals surface area contributed by atoms with Gasteiger partial charge in [0.15, 0.2) is 5.82 Å². The number of nitrogens with zero attached hydrogens (tertiary/aromatic N) is 3. The molecule has 1 aromatic heterocycles. The lowest BCUT2D eigenvalue weighted by Crippen LogP contribution is -2.12. The van der Waals surface area contributed by atoms with Gasteiger partial charge in [-0.3, -0.25) is 0 Å². The fourth-order valence-corrected chi connectivity index (χ4v) is 2.61. The average Bonchev–Trinajstić information content (AvgIpc) is 2.82. The van der Waals surface area contributed by atoms with E-state index in [1.165, 1.54) is 19.3 Å². The van der Waals surface area contributed by atoms with Crippen molar-refractivity contribution in [3.05, 3.63) is 11.6 Å². The summed E-state index contributed by atoms with van der Waals surface area (Å²) in [5.41, 5.74) is 0. The zero-order valence-corrected chi connectivity index (χ0v) is 9.48. The van der Waals surface area contributed by atoms with Crippen LogP contribution in [0.5, 0.6) is 0 Å². The first-order chi connectivity index (χ1) is 7.27. The maximum Gasteiger partial charge on any atom is 0.158 e. The summed E-state index contributed by atoms with van der Waals surface area (Å²) in [4.78, 5) is 0. The summed E-state index contributed by atoms with van der Waals surface area (Å²) < 4.78 is 2.06. The number of hydrogen-bond donors (Lipinski definition) is 1. The lowest BCUT2D eigenvalue weighted by molar-refractivity contribution is 0.264. The second-order valence-corrected chi connectivity index (χ2v) is 4.39. The molecule has 1 aromatic rings. The molecular weight excluding hydrogens is 190 g/mol. The van der Waals surface area contributed by atoms with E-state index >= 15 is 0 Å². The van der Waals surface area contributed by atoms with E-state index in [2.05, 4.69) is 28.6 Å². The normalized spacial score (nSPS) is 26.1. The van der Waals surface area contributed by atoms with E-state index in [9.17, 15) is 0 Å². The Morgan fingerprint density at radius 3 is 2.73 bits per heavy atom. The largest absolute Gasteiger partial charge is 0.388 e. The van der Waals surface area contributed by atoms with Crippen molar-refractivity contribution < 1.29 is 5.11 Å². The summed E-state index contributed by atoms with van der Waals surface area (Å²) in [6, 6.07) is 0. The molecule has 0 spiro atoms. The molecule has 0 bridgehead atoms. The van der Waals surface area contributed by atoms with Gasteiger partial charge in [0, 0.05) is 12.5 Å². The first-order valence-electron chi connectivity index (χ1n) is 5.80. The average molecular weight is 209 g/mol. The number of aliphatic hydroxyl groups excluding tert-OH is 1. The Bertz CT molecular complexity index is 335. The van der Waals surface area contributed by atoms with Crippen LogP contribution in [0.3, 0.4) is 0 Å². The minimum Gasteiger partial charge on any atom is -0.388 e. The highest BCUT2D eigenvalue weighted by molar-refractivity contribution is 5.05. The van der Waals surface area contributed by atoms with E-state index in [1.54, 1.807) is 0 Å². The molecule has 1 aliphatic carbocycles. The van der Waals surface area contributed by atoms with Crippen LogP contribution in [0.1, 0.15) is 50.7 Å². The smallest absolute Gasteiger partial charge is 0.158 e. The van der Waals surface area contributed by atoms with Gasteiger partial charge in [-0.05, 0) is 25.7 Å². The van der Waals surface area contributed by atoms with Crippen molar-refractivity contribution >= 4 is 0 Å². The number of hydrogen-bond acceptors (Lipinski definition) is 3. The molecule has 1 saturated carbocycles. The molecule has 1 heterocycles. The molecule has 0 saturated heterocycles. The molecule has 84 valence electrons. The monoisotopic (exact) mass is 209 g/mol. The van der Waals surface area contributed by atoms with E-state index in [-0.39, 0.29) is 6.61 Å². The highest BCUT2D eigenvalue weighted by Crippen LogP contribution is 2.38. The molecule has 1 N–H and O–H groups in total. The summed E-state index contributed by atoms with van der Waals surface area (Å²) in [5, 5.41) is 17.4. The third-order valence-electron chi connectivity index (χ3n) is 3.51. The van der Waals surface area contributed by atoms with E-state index in [0.717, 1.165) is 12.4 Å². The summed E-state index contributed by atoms with van der Waals surface area (Å²) in [6.45, 7) is 5.19. The molecule has 15 heavy (non-hydrogen) atoms. The van der Waals surface area contributed by atoms with Gasteiger partial charge in [0.2, 0.25) is 0 Å². The van der Waals surface area contributed by atoms with Crippen molar-refractivity contribution in [3.8, 4) is 0 Å². The highest BCUT2D eigenvalue weighted by Gasteiger charge is 2.29. The van der Waals surface area contributed by atoms with Crippen molar-refractivity contribution in [1.29, 1.82) is 0 Å². The summed E-state index contributed by atoms with van der Waals surface area (Å²) in [7, 11) is 0. The number of aromatic nitrogens is 3. The van der Waals surface area contributed by atoms with Gasteiger partial charge in [-0.15, -0.1) is 10.2 Å². The molecule has 1 aliphatic rings. The van der Waals surface area contributed by atoms with Crippen LogP contribution in [-0.2, 0) is 13.2 Å². The second-order valence-electron chi connectivity index (χ2n) is 4.39.